The van der Waals surface area contributed by atoms with Gasteiger partial charge in [-0.15, -0.1) is 17.8 Å². The first-order valence-corrected chi connectivity index (χ1v) is 7.90. The van der Waals surface area contributed by atoms with E-state index in [1.54, 1.807) is 4.90 Å². The zero-order valence-electron chi connectivity index (χ0n) is 11.1. The van der Waals surface area contributed by atoms with Crippen LogP contribution in [0.1, 0.15) is 23.0 Å². The molecule has 1 aromatic carbocycles. The number of thiophene rings is 1. The number of fused-ring (bicyclic) bond motifs is 1. The molecule has 2 N–H and O–H groups in total. The van der Waals surface area contributed by atoms with Crippen LogP contribution in [0.5, 0.6) is 0 Å². The number of hydrogen-bond acceptors (Lipinski definition) is 3. The molecule has 0 aliphatic carbocycles. The van der Waals surface area contributed by atoms with Crippen LogP contribution in [0.3, 0.4) is 0 Å². The van der Waals surface area contributed by atoms with Gasteiger partial charge in [-0.25, -0.2) is 0 Å². The summed E-state index contributed by atoms with van der Waals surface area (Å²) in [6.45, 7) is 2.96. The lowest BCUT2D eigenvalue weighted by Gasteiger charge is -2.18. The maximum Gasteiger partial charge on any atom is 0.266 e. The standard InChI is InChI=1S/C15H15BrN2OS/c1-3-8-18(9-4-2)15(19)14-13(17)12-10(16)6-5-7-11(12)20-14/h1,5-7H,4,8-9,17H2,2H3. The van der Waals surface area contributed by atoms with Crippen LogP contribution in [0.2, 0.25) is 0 Å². The van der Waals surface area contributed by atoms with Crippen molar-refractivity contribution in [2.75, 3.05) is 18.8 Å². The van der Waals surface area contributed by atoms with Gasteiger partial charge in [0, 0.05) is 21.1 Å². The fourth-order valence-electron chi connectivity index (χ4n) is 2.06. The van der Waals surface area contributed by atoms with Crippen molar-refractivity contribution < 1.29 is 4.79 Å². The smallest absolute Gasteiger partial charge is 0.266 e. The van der Waals surface area contributed by atoms with Gasteiger partial charge >= 0.3 is 0 Å². The molecular formula is C15H15BrN2OS. The number of carbonyl (C=O) groups is 1. The predicted molar refractivity (Wildman–Crippen MR) is 89.0 cm³/mol. The van der Waals surface area contributed by atoms with E-state index in [-0.39, 0.29) is 5.91 Å². The number of rotatable bonds is 4. The number of nitrogens with two attached hydrogens (primary N) is 1. The van der Waals surface area contributed by atoms with Crippen LogP contribution >= 0.6 is 27.3 Å². The number of nitrogens with zero attached hydrogens (tertiary/aromatic N) is 1. The molecule has 0 fully saturated rings. The van der Waals surface area contributed by atoms with Crippen molar-refractivity contribution in [2.45, 2.75) is 13.3 Å². The number of terminal acetylenes is 1. The lowest BCUT2D eigenvalue weighted by atomic mass is 10.2. The second-order valence-corrected chi connectivity index (χ2v) is 6.30. The van der Waals surface area contributed by atoms with Gasteiger partial charge in [0.15, 0.2) is 0 Å². The van der Waals surface area contributed by atoms with Gasteiger partial charge in [0.05, 0.1) is 12.2 Å². The van der Waals surface area contributed by atoms with Crippen LogP contribution in [0.15, 0.2) is 22.7 Å². The molecule has 1 amide bonds. The maximum atomic E-state index is 12.6. The molecule has 0 atom stereocenters. The topological polar surface area (TPSA) is 46.3 Å². The molecule has 0 saturated heterocycles. The van der Waals surface area contributed by atoms with Crippen LogP contribution in [0, 0.1) is 12.3 Å². The van der Waals surface area contributed by atoms with Crippen LogP contribution in [0.25, 0.3) is 10.1 Å². The molecule has 0 radical (unpaired) electrons. The first kappa shape index (κ1) is 14.9. The Labute approximate surface area is 130 Å². The molecule has 1 heterocycles. The second-order valence-electron chi connectivity index (χ2n) is 4.39. The Hall–Kier alpha value is -1.51. The average molecular weight is 351 g/mol. The lowest BCUT2D eigenvalue weighted by molar-refractivity contribution is 0.0782. The quantitative estimate of drug-likeness (QED) is 0.854. The minimum atomic E-state index is -0.0876. The third kappa shape index (κ3) is 2.67. The molecule has 5 heteroatoms. The summed E-state index contributed by atoms with van der Waals surface area (Å²) in [4.78, 5) is 14.8. The first-order chi connectivity index (χ1) is 9.60. The van der Waals surface area contributed by atoms with E-state index in [4.69, 9.17) is 12.2 Å². The van der Waals surface area contributed by atoms with Crippen molar-refractivity contribution in [1.29, 1.82) is 0 Å². The molecular weight excluding hydrogens is 336 g/mol. The van der Waals surface area contributed by atoms with E-state index in [2.05, 4.69) is 21.9 Å². The first-order valence-electron chi connectivity index (χ1n) is 6.29. The van der Waals surface area contributed by atoms with E-state index in [1.807, 2.05) is 25.1 Å². The molecule has 1 aromatic heterocycles. The molecule has 3 nitrogen and oxygen atoms in total. The average Bonchev–Trinajstić information content (AvgIpc) is 2.76. The summed E-state index contributed by atoms with van der Waals surface area (Å²) in [7, 11) is 0. The summed E-state index contributed by atoms with van der Waals surface area (Å²) in [6, 6.07) is 5.82. The third-order valence-corrected chi connectivity index (χ3v) is 4.78. The van der Waals surface area contributed by atoms with Gasteiger partial charge in [-0.05, 0) is 18.6 Å². The number of halogens is 1. The van der Waals surface area contributed by atoms with Gasteiger partial charge in [0.1, 0.15) is 4.88 Å². The van der Waals surface area contributed by atoms with E-state index >= 15 is 0 Å². The van der Waals surface area contributed by atoms with E-state index < -0.39 is 0 Å². The molecule has 2 aromatic rings. The molecule has 0 aliphatic rings. The minimum absolute atomic E-state index is 0.0876. The van der Waals surface area contributed by atoms with Crippen molar-refractivity contribution in [3.05, 3.63) is 27.5 Å². The summed E-state index contributed by atoms with van der Waals surface area (Å²) in [6.07, 6.45) is 6.20. The summed E-state index contributed by atoms with van der Waals surface area (Å²) in [5.41, 5.74) is 6.68. The minimum Gasteiger partial charge on any atom is -0.397 e. The summed E-state index contributed by atoms with van der Waals surface area (Å²) in [5, 5.41) is 0.901. The largest absolute Gasteiger partial charge is 0.397 e. The molecule has 104 valence electrons. The van der Waals surface area contributed by atoms with Crippen LogP contribution < -0.4 is 5.73 Å². The number of nitrogen functional groups attached to an aromatic ring is 1. The van der Waals surface area contributed by atoms with E-state index in [1.165, 1.54) is 11.3 Å². The van der Waals surface area contributed by atoms with E-state index in [0.29, 0.717) is 23.7 Å². The summed E-state index contributed by atoms with van der Waals surface area (Å²) in [5.74, 6) is 2.44. The molecule has 0 unspecified atom stereocenters. The summed E-state index contributed by atoms with van der Waals surface area (Å²) < 4.78 is 1.90. The Balaban J connectivity index is 2.47. The highest BCUT2D eigenvalue weighted by Crippen LogP contribution is 2.38. The molecule has 0 aliphatic heterocycles. The second kappa shape index (κ2) is 6.29. The van der Waals surface area contributed by atoms with Gasteiger partial charge in [-0.3, -0.25) is 4.79 Å². The molecule has 0 bridgehead atoms. The van der Waals surface area contributed by atoms with Crippen molar-refractivity contribution in [1.82, 2.24) is 4.90 Å². The fourth-order valence-corrected chi connectivity index (χ4v) is 3.89. The lowest BCUT2D eigenvalue weighted by Crippen LogP contribution is -2.32. The van der Waals surface area contributed by atoms with Gasteiger partial charge in [0.2, 0.25) is 0 Å². The van der Waals surface area contributed by atoms with Gasteiger partial charge < -0.3 is 10.6 Å². The summed E-state index contributed by atoms with van der Waals surface area (Å²) >= 11 is 4.89. The number of carbonyl (C=O) groups excluding carboxylic acids is 1. The third-order valence-electron chi connectivity index (χ3n) is 2.96. The number of hydrogen-bond donors (Lipinski definition) is 1. The SMILES string of the molecule is C#CCN(CCC)C(=O)c1sc2cccc(Br)c2c1N. The van der Waals surface area contributed by atoms with E-state index in [9.17, 15) is 4.79 Å². The van der Waals surface area contributed by atoms with Crippen molar-refractivity contribution in [2.24, 2.45) is 0 Å². The van der Waals surface area contributed by atoms with Crippen molar-refractivity contribution in [3.8, 4) is 12.3 Å². The molecule has 0 spiro atoms. The molecule has 0 saturated carbocycles. The van der Waals surface area contributed by atoms with Crippen molar-refractivity contribution in [3.63, 3.8) is 0 Å². The fraction of sp³-hybridized carbons (Fsp3) is 0.267. The monoisotopic (exact) mass is 350 g/mol. The normalized spacial score (nSPS) is 10.4. The van der Waals surface area contributed by atoms with E-state index in [0.717, 1.165) is 21.0 Å². The molecule has 20 heavy (non-hydrogen) atoms. The van der Waals surface area contributed by atoms with Gasteiger partial charge in [-0.1, -0.05) is 34.8 Å². The predicted octanol–water partition coefficient (Wildman–Crippen LogP) is 3.73. The van der Waals surface area contributed by atoms with Gasteiger partial charge in [0.25, 0.3) is 5.91 Å². The highest BCUT2D eigenvalue weighted by atomic mass is 79.9. The van der Waals surface area contributed by atoms with Crippen LogP contribution in [-0.4, -0.2) is 23.9 Å². The van der Waals surface area contributed by atoms with Gasteiger partial charge in [-0.2, -0.15) is 0 Å². The zero-order valence-corrected chi connectivity index (χ0v) is 13.6. The highest BCUT2D eigenvalue weighted by Gasteiger charge is 2.22. The number of amides is 1. The number of anilines is 1. The number of benzene rings is 1. The Morgan fingerprint density at radius 2 is 2.30 bits per heavy atom. The Morgan fingerprint density at radius 3 is 2.90 bits per heavy atom. The highest BCUT2D eigenvalue weighted by molar-refractivity contribution is 9.10. The Bertz CT molecular complexity index is 687. The van der Waals surface area contributed by atoms with Crippen molar-refractivity contribution >= 4 is 48.9 Å². The maximum absolute atomic E-state index is 12.6. The zero-order chi connectivity index (χ0) is 14.7. The Morgan fingerprint density at radius 1 is 1.55 bits per heavy atom. The van der Waals surface area contributed by atoms with Crippen LogP contribution in [0.4, 0.5) is 5.69 Å². The van der Waals surface area contributed by atoms with Crippen LogP contribution in [-0.2, 0) is 0 Å². The molecule has 2 rings (SSSR count). The Kier molecular flexibility index (Phi) is 4.69.